The number of piperazine rings is 1. The SMILES string of the molecule is O=S(=O)(c1c(F)cccc1F)N1CCN(Cc2nc(-c3cccc(C(F)(F)F)c3)no2)CC1. The minimum Gasteiger partial charge on any atom is -0.338 e. The number of sulfonamides is 1. The Kier molecular flexibility index (Phi) is 6.20. The zero-order chi connectivity index (χ0) is 23.8. The van der Waals surface area contributed by atoms with E-state index < -0.39 is 38.3 Å². The van der Waals surface area contributed by atoms with Gasteiger partial charge in [0.25, 0.3) is 0 Å². The molecule has 0 N–H and O–H groups in total. The molecule has 0 amide bonds. The molecule has 2 aromatic carbocycles. The van der Waals surface area contributed by atoms with Crippen molar-refractivity contribution in [3.8, 4) is 11.4 Å². The van der Waals surface area contributed by atoms with Crippen LogP contribution in [0.25, 0.3) is 11.4 Å². The predicted octanol–water partition coefficient (Wildman–Crippen LogP) is 3.54. The van der Waals surface area contributed by atoms with Crippen molar-refractivity contribution in [1.82, 2.24) is 19.3 Å². The number of hydrogen-bond donors (Lipinski definition) is 0. The normalized spacial score (nSPS) is 16.3. The summed E-state index contributed by atoms with van der Waals surface area (Å²) < 4.78 is 98.1. The summed E-state index contributed by atoms with van der Waals surface area (Å²) in [7, 11) is -4.35. The van der Waals surface area contributed by atoms with Crippen LogP contribution in [-0.2, 0) is 22.7 Å². The van der Waals surface area contributed by atoms with Crippen LogP contribution >= 0.6 is 0 Å². The Hall–Kier alpha value is -2.90. The van der Waals surface area contributed by atoms with E-state index in [1.165, 1.54) is 12.1 Å². The lowest BCUT2D eigenvalue weighted by Crippen LogP contribution is -2.48. The average Bonchev–Trinajstić information content (AvgIpc) is 3.22. The Balaban J connectivity index is 1.41. The van der Waals surface area contributed by atoms with E-state index >= 15 is 0 Å². The Morgan fingerprint density at radius 3 is 2.24 bits per heavy atom. The summed E-state index contributed by atoms with van der Waals surface area (Å²) in [4.78, 5) is 4.92. The predicted molar refractivity (Wildman–Crippen MR) is 105 cm³/mol. The van der Waals surface area contributed by atoms with Crippen LogP contribution < -0.4 is 0 Å². The molecule has 0 aliphatic carbocycles. The quantitative estimate of drug-likeness (QED) is 0.512. The molecule has 33 heavy (non-hydrogen) atoms. The number of halogens is 5. The fourth-order valence-corrected chi connectivity index (χ4v) is 4.98. The first-order valence-electron chi connectivity index (χ1n) is 9.72. The maximum Gasteiger partial charge on any atom is 0.416 e. The van der Waals surface area contributed by atoms with Crippen LogP contribution in [0, 0.1) is 11.6 Å². The summed E-state index contributed by atoms with van der Waals surface area (Å²) in [5.41, 5.74) is -0.697. The topological polar surface area (TPSA) is 79.5 Å². The van der Waals surface area contributed by atoms with Crippen molar-refractivity contribution in [2.45, 2.75) is 17.6 Å². The van der Waals surface area contributed by atoms with Gasteiger partial charge in [-0.25, -0.2) is 17.2 Å². The number of aromatic nitrogens is 2. The molecule has 1 aliphatic heterocycles. The van der Waals surface area contributed by atoms with Gasteiger partial charge >= 0.3 is 6.18 Å². The Bertz CT molecular complexity index is 1230. The lowest BCUT2D eigenvalue weighted by molar-refractivity contribution is -0.137. The summed E-state index contributed by atoms with van der Waals surface area (Å²) >= 11 is 0. The third kappa shape index (κ3) is 4.89. The first-order valence-corrected chi connectivity index (χ1v) is 11.2. The van der Waals surface area contributed by atoms with Crippen LogP contribution in [0.4, 0.5) is 22.0 Å². The summed E-state index contributed by atoms with van der Waals surface area (Å²) in [5.74, 6) is -2.19. The number of alkyl halides is 3. The Labute approximate surface area is 185 Å². The number of benzene rings is 2. The molecular formula is C20H17F5N4O3S. The highest BCUT2D eigenvalue weighted by molar-refractivity contribution is 7.89. The van der Waals surface area contributed by atoms with E-state index in [1.54, 1.807) is 4.90 Å². The van der Waals surface area contributed by atoms with Gasteiger partial charge in [-0.1, -0.05) is 23.4 Å². The molecule has 0 spiro atoms. The highest BCUT2D eigenvalue weighted by Gasteiger charge is 2.34. The van der Waals surface area contributed by atoms with E-state index in [4.69, 9.17) is 4.52 Å². The van der Waals surface area contributed by atoms with Crippen LogP contribution in [0.15, 0.2) is 51.9 Å². The van der Waals surface area contributed by atoms with Gasteiger partial charge in [0.05, 0.1) is 12.1 Å². The van der Waals surface area contributed by atoms with Crippen LogP contribution in [0.2, 0.25) is 0 Å². The van der Waals surface area contributed by atoms with Crippen molar-refractivity contribution >= 4 is 10.0 Å². The molecule has 1 fully saturated rings. The third-order valence-corrected chi connectivity index (χ3v) is 7.07. The van der Waals surface area contributed by atoms with E-state index in [1.807, 2.05) is 0 Å². The minimum absolute atomic E-state index is 0.00709. The molecule has 0 atom stereocenters. The van der Waals surface area contributed by atoms with Gasteiger partial charge in [0.2, 0.25) is 21.7 Å². The highest BCUT2D eigenvalue weighted by Crippen LogP contribution is 2.31. The van der Waals surface area contributed by atoms with Crippen molar-refractivity contribution in [2.24, 2.45) is 0 Å². The molecule has 2 heterocycles. The maximum absolute atomic E-state index is 14.0. The lowest BCUT2D eigenvalue weighted by Gasteiger charge is -2.33. The number of hydrogen-bond acceptors (Lipinski definition) is 6. The average molecular weight is 488 g/mol. The molecule has 3 aromatic rings. The minimum atomic E-state index is -4.51. The highest BCUT2D eigenvalue weighted by atomic mass is 32.2. The zero-order valence-corrected chi connectivity index (χ0v) is 17.7. The molecule has 0 unspecified atom stereocenters. The Morgan fingerprint density at radius 1 is 0.970 bits per heavy atom. The van der Waals surface area contributed by atoms with Crippen molar-refractivity contribution < 1.29 is 34.9 Å². The standard InChI is InChI=1S/C20H17F5N4O3S/c21-15-5-2-6-16(22)18(15)33(30,31)29-9-7-28(8-10-29)12-17-26-19(27-32-17)13-3-1-4-14(11-13)20(23,24)25/h1-6,11H,7-10,12H2. The van der Waals surface area contributed by atoms with Crippen LogP contribution in [-0.4, -0.2) is 53.9 Å². The zero-order valence-electron chi connectivity index (χ0n) is 16.9. The van der Waals surface area contributed by atoms with E-state index in [9.17, 15) is 30.4 Å². The second-order valence-corrected chi connectivity index (χ2v) is 9.20. The van der Waals surface area contributed by atoms with Gasteiger partial charge < -0.3 is 4.52 Å². The molecule has 1 saturated heterocycles. The van der Waals surface area contributed by atoms with Crippen LogP contribution in [0.1, 0.15) is 11.5 Å². The number of rotatable bonds is 5. The number of nitrogens with zero attached hydrogens (tertiary/aromatic N) is 4. The molecule has 0 radical (unpaired) electrons. The maximum atomic E-state index is 14.0. The Morgan fingerprint density at radius 2 is 1.61 bits per heavy atom. The summed E-state index contributed by atoms with van der Waals surface area (Å²) in [6, 6.07) is 7.36. The van der Waals surface area contributed by atoms with Gasteiger partial charge in [0, 0.05) is 31.7 Å². The molecule has 0 saturated carbocycles. The summed E-state index contributed by atoms with van der Waals surface area (Å²) in [5, 5.41) is 3.72. The van der Waals surface area contributed by atoms with Gasteiger partial charge in [-0.05, 0) is 24.3 Å². The van der Waals surface area contributed by atoms with Gasteiger partial charge in [-0.3, -0.25) is 4.90 Å². The van der Waals surface area contributed by atoms with Crippen molar-refractivity contribution in [2.75, 3.05) is 26.2 Å². The van der Waals surface area contributed by atoms with Gasteiger partial charge in [-0.2, -0.15) is 22.5 Å². The first-order chi connectivity index (χ1) is 15.6. The monoisotopic (exact) mass is 488 g/mol. The fourth-order valence-electron chi connectivity index (χ4n) is 3.45. The molecule has 176 valence electrons. The molecule has 0 bridgehead atoms. The molecule has 1 aliphatic rings. The lowest BCUT2D eigenvalue weighted by atomic mass is 10.1. The van der Waals surface area contributed by atoms with Crippen molar-refractivity contribution in [3.05, 3.63) is 65.6 Å². The van der Waals surface area contributed by atoms with E-state index in [0.717, 1.165) is 34.6 Å². The molecule has 4 rings (SSSR count). The van der Waals surface area contributed by atoms with Gasteiger partial charge in [0.15, 0.2) is 4.90 Å². The van der Waals surface area contributed by atoms with Crippen LogP contribution in [0.3, 0.4) is 0 Å². The second kappa shape index (κ2) is 8.80. The fraction of sp³-hybridized carbons (Fsp3) is 0.300. The summed E-state index contributed by atoms with van der Waals surface area (Å²) in [6.45, 7) is 0.524. The van der Waals surface area contributed by atoms with E-state index in [0.29, 0.717) is 0 Å². The smallest absolute Gasteiger partial charge is 0.338 e. The van der Waals surface area contributed by atoms with Crippen LogP contribution in [0.5, 0.6) is 0 Å². The molecule has 1 aromatic heterocycles. The first kappa shape index (κ1) is 23.3. The molecular weight excluding hydrogens is 471 g/mol. The summed E-state index contributed by atoms with van der Waals surface area (Å²) in [6.07, 6.45) is -4.51. The van der Waals surface area contributed by atoms with Crippen molar-refractivity contribution in [3.63, 3.8) is 0 Å². The van der Waals surface area contributed by atoms with E-state index in [-0.39, 0.29) is 50.0 Å². The van der Waals surface area contributed by atoms with Gasteiger partial charge in [-0.15, -0.1) is 0 Å². The second-order valence-electron chi connectivity index (χ2n) is 7.32. The molecule has 13 heteroatoms. The largest absolute Gasteiger partial charge is 0.416 e. The molecule has 7 nitrogen and oxygen atoms in total. The van der Waals surface area contributed by atoms with E-state index in [2.05, 4.69) is 10.1 Å². The third-order valence-electron chi connectivity index (χ3n) is 5.12. The van der Waals surface area contributed by atoms with Gasteiger partial charge in [0.1, 0.15) is 11.6 Å². The van der Waals surface area contributed by atoms with Crippen molar-refractivity contribution in [1.29, 1.82) is 0 Å².